The maximum absolute atomic E-state index is 15.9. The van der Waals surface area contributed by atoms with Crippen LogP contribution in [0.15, 0.2) is 36.4 Å². The number of aromatic nitrogens is 1. The highest BCUT2D eigenvalue weighted by Crippen LogP contribution is 2.34. The van der Waals surface area contributed by atoms with E-state index in [2.05, 4.69) is 16.3 Å². The standard InChI is InChI=1S/C29H38FN3O4/c1-35-27(34)17-23(22-4-2-6-25(16-22)37-26-10-15-36-19-26)18-33-14-12-29(30,20-33)11-9-24-8-7-21-5-3-13-31-28(21)32-24/h2,4,6-8,16,23,26H,3,5,9-15,17-20H2,1H3,(H,31,32)/t23?,26-,29+/m1/s1. The summed E-state index contributed by atoms with van der Waals surface area (Å²) in [6.07, 6.45) is 4.91. The van der Waals surface area contributed by atoms with E-state index < -0.39 is 5.67 Å². The summed E-state index contributed by atoms with van der Waals surface area (Å²) in [6.45, 7) is 3.89. The summed E-state index contributed by atoms with van der Waals surface area (Å²) in [7, 11) is 1.41. The van der Waals surface area contributed by atoms with Gasteiger partial charge in [-0.05, 0) is 61.4 Å². The molecule has 37 heavy (non-hydrogen) atoms. The highest BCUT2D eigenvalue weighted by atomic mass is 19.1. The number of nitrogens with zero attached hydrogens (tertiary/aromatic N) is 2. The number of carbonyl (C=O) groups is 1. The molecule has 5 rings (SSSR count). The van der Waals surface area contributed by atoms with Gasteiger partial charge in [-0.25, -0.2) is 9.37 Å². The summed E-state index contributed by atoms with van der Waals surface area (Å²) in [5, 5.41) is 3.36. The van der Waals surface area contributed by atoms with E-state index in [1.54, 1.807) is 0 Å². The molecule has 200 valence electrons. The average molecular weight is 512 g/mol. The van der Waals surface area contributed by atoms with Gasteiger partial charge in [0.1, 0.15) is 23.3 Å². The van der Waals surface area contributed by atoms with Crippen LogP contribution in [0.4, 0.5) is 10.2 Å². The summed E-state index contributed by atoms with van der Waals surface area (Å²) < 4.78 is 32.3. The topological polar surface area (TPSA) is 72.9 Å². The molecule has 2 aromatic rings. The summed E-state index contributed by atoms with van der Waals surface area (Å²) in [5.74, 6) is 1.36. The molecule has 3 aliphatic rings. The van der Waals surface area contributed by atoms with Gasteiger partial charge in [-0.2, -0.15) is 0 Å². The van der Waals surface area contributed by atoms with Crippen LogP contribution in [0, 0.1) is 0 Å². The van der Waals surface area contributed by atoms with E-state index in [1.165, 1.54) is 12.7 Å². The van der Waals surface area contributed by atoms with Crippen molar-refractivity contribution in [1.82, 2.24) is 9.88 Å². The maximum atomic E-state index is 15.9. The van der Waals surface area contributed by atoms with Crippen LogP contribution in [-0.4, -0.2) is 74.1 Å². The number of benzene rings is 1. The number of hydrogen-bond donors (Lipinski definition) is 1. The van der Waals surface area contributed by atoms with Gasteiger partial charge in [0.2, 0.25) is 0 Å². The van der Waals surface area contributed by atoms with Crippen molar-refractivity contribution in [1.29, 1.82) is 0 Å². The number of esters is 1. The molecule has 0 bridgehead atoms. The Bertz CT molecular complexity index is 1080. The largest absolute Gasteiger partial charge is 0.488 e. The second-order valence-electron chi connectivity index (χ2n) is 10.6. The average Bonchev–Trinajstić information content (AvgIpc) is 3.57. The molecule has 0 aliphatic carbocycles. The Labute approximate surface area is 218 Å². The second-order valence-corrected chi connectivity index (χ2v) is 10.6. The number of nitrogens with one attached hydrogen (secondary N) is 1. The minimum absolute atomic E-state index is 0.0560. The van der Waals surface area contributed by atoms with E-state index in [0.717, 1.165) is 48.6 Å². The number of rotatable bonds is 10. The Morgan fingerprint density at radius 2 is 2.27 bits per heavy atom. The molecule has 2 fully saturated rings. The third kappa shape index (κ3) is 6.79. The van der Waals surface area contributed by atoms with Gasteiger partial charge in [0, 0.05) is 44.2 Å². The molecular formula is C29H38FN3O4. The molecule has 1 aromatic carbocycles. The lowest BCUT2D eigenvalue weighted by atomic mass is 9.94. The lowest BCUT2D eigenvalue weighted by molar-refractivity contribution is -0.141. The zero-order chi connectivity index (χ0) is 25.7. The molecule has 0 amide bonds. The van der Waals surface area contributed by atoms with Crippen molar-refractivity contribution < 1.29 is 23.4 Å². The van der Waals surface area contributed by atoms with Crippen LogP contribution >= 0.6 is 0 Å². The van der Waals surface area contributed by atoms with Crippen LogP contribution in [0.25, 0.3) is 0 Å². The first kappa shape index (κ1) is 25.9. The number of pyridine rings is 1. The van der Waals surface area contributed by atoms with Crippen LogP contribution in [0.2, 0.25) is 0 Å². The number of halogens is 1. The van der Waals surface area contributed by atoms with E-state index in [9.17, 15) is 4.79 Å². The summed E-state index contributed by atoms with van der Waals surface area (Å²) >= 11 is 0. The number of hydrogen-bond acceptors (Lipinski definition) is 7. The van der Waals surface area contributed by atoms with E-state index in [-0.39, 0.29) is 24.4 Å². The first-order valence-corrected chi connectivity index (χ1v) is 13.5. The monoisotopic (exact) mass is 511 g/mol. The number of likely N-dealkylation sites (tertiary alicyclic amines) is 1. The lowest BCUT2D eigenvalue weighted by Crippen LogP contribution is -2.33. The molecule has 8 heteroatoms. The SMILES string of the molecule is COC(=O)CC(CN1CC[C@@](F)(CCc2ccc3c(n2)NCCC3)C1)c1cccc(O[C@@H]2CCOC2)c1. The quantitative estimate of drug-likeness (QED) is 0.477. The van der Waals surface area contributed by atoms with Crippen molar-refractivity contribution in [3.63, 3.8) is 0 Å². The number of aryl methyl sites for hydroxylation is 2. The summed E-state index contributed by atoms with van der Waals surface area (Å²) in [5.41, 5.74) is 1.94. The highest BCUT2D eigenvalue weighted by Gasteiger charge is 2.39. The summed E-state index contributed by atoms with van der Waals surface area (Å²) in [6, 6.07) is 12.1. The van der Waals surface area contributed by atoms with Crippen LogP contribution in [0.3, 0.4) is 0 Å². The van der Waals surface area contributed by atoms with Gasteiger partial charge in [-0.15, -0.1) is 0 Å². The maximum Gasteiger partial charge on any atom is 0.306 e. The number of alkyl halides is 1. The van der Waals surface area contributed by atoms with E-state index in [4.69, 9.17) is 19.2 Å². The molecule has 1 N–H and O–H groups in total. The van der Waals surface area contributed by atoms with Crippen molar-refractivity contribution in [2.24, 2.45) is 0 Å². The molecule has 7 nitrogen and oxygen atoms in total. The second kappa shape index (κ2) is 11.8. The molecule has 2 saturated heterocycles. The minimum Gasteiger partial charge on any atom is -0.488 e. The van der Waals surface area contributed by atoms with Gasteiger partial charge >= 0.3 is 5.97 Å². The Morgan fingerprint density at radius 3 is 3.11 bits per heavy atom. The highest BCUT2D eigenvalue weighted by molar-refractivity contribution is 5.70. The smallest absolute Gasteiger partial charge is 0.306 e. The van der Waals surface area contributed by atoms with Crippen molar-refractivity contribution in [3.8, 4) is 5.75 Å². The lowest BCUT2D eigenvalue weighted by Gasteiger charge is -2.26. The predicted molar refractivity (Wildman–Crippen MR) is 140 cm³/mol. The van der Waals surface area contributed by atoms with Crippen LogP contribution in [-0.2, 0) is 27.1 Å². The van der Waals surface area contributed by atoms with E-state index in [0.29, 0.717) is 52.1 Å². The number of fused-ring (bicyclic) bond motifs is 1. The predicted octanol–water partition coefficient (Wildman–Crippen LogP) is 4.30. The Hall–Kier alpha value is -2.71. The zero-order valence-electron chi connectivity index (χ0n) is 21.7. The van der Waals surface area contributed by atoms with Crippen LogP contribution in [0.1, 0.15) is 54.8 Å². The third-order valence-corrected chi connectivity index (χ3v) is 7.80. The normalized spacial score (nSPS) is 24.3. The summed E-state index contributed by atoms with van der Waals surface area (Å²) in [4.78, 5) is 19.1. The molecule has 1 aromatic heterocycles. The molecular weight excluding hydrogens is 473 g/mol. The van der Waals surface area contributed by atoms with Crippen molar-refractivity contribution in [2.75, 3.05) is 51.8 Å². The van der Waals surface area contributed by atoms with E-state index >= 15 is 4.39 Å². The van der Waals surface area contributed by atoms with Gasteiger partial charge in [0.05, 0.1) is 26.7 Å². The van der Waals surface area contributed by atoms with Crippen LogP contribution < -0.4 is 10.1 Å². The fraction of sp³-hybridized carbons (Fsp3) is 0.586. The number of methoxy groups -OCH3 is 1. The minimum atomic E-state index is -1.26. The third-order valence-electron chi connectivity index (χ3n) is 7.80. The first-order chi connectivity index (χ1) is 18.0. The molecule has 3 atom stereocenters. The van der Waals surface area contributed by atoms with Gasteiger partial charge < -0.3 is 19.5 Å². The van der Waals surface area contributed by atoms with Gasteiger partial charge in [-0.1, -0.05) is 18.2 Å². The molecule has 0 spiro atoms. The zero-order valence-corrected chi connectivity index (χ0v) is 21.7. The van der Waals surface area contributed by atoms with Gasteiger partial charge in [0.15, 0.2) is 0 Å². The van der Waals surface area contributed by atoms with Gasteiger partial charge in [-0.3, -0.25) is 9.69 Å². The number of carbonyl (C=O) groups excluding carboxylic acids is 1. The van der Waals surface area contributed by atoms with Crippen molar-refractivity contribution in [2.45, 2.75) is 62.6 Å². The first-order valence-electron chi connectivity index (χ1n) is 13.5. The molecule has 4 heterocycles. The Kier molecular flexibility index (Phi) is 8.25. The molecule has 0 saturated carbocycles. The molecule has 3 aliphatic heterocycles. The Morgan fingerprint density at radius 1 is 1.35 bits per heavy atom. The van der Waals surface area contributed by atoms with Gasteiger partial charge in [0.25, 0.3) is 0 Å². The fourth-order valence-corrected chi connectivity index (χ4v) is 5.66. The molecule has 0 radical (unpaired) electrons. The number of ether oxygens (including phenoxy) is 3. The van der Waals surface area contributed by atoms with E-state index in [1.807, 2.05) is 30.3 Å². The van der Waals surface area contributed by atoms with Crippen molar-refractivity contribution in [3.05, 3.63) is 53.2 Å². The van der Waals surface area contributed by atoms with Crippen molar-refractivity contribution >= 4 is 11.8 Å². The fourth-order valence-electron chi connectivity index (χ4n) is 5.66. The molecule has 1 unspecified atom stereocenters. The number of anilines is 1. The Balaban J connectivity index is 1.21. The van der Waals surface area contributed by atoms with Crippen LogP contribution in [0.5, 0.6) is 5.75 Å².